The smallest absolute Gasteiger partial charge is 0.325 e. The van der Waals surface area contributed by atoms with E-state index in [4.69, 9.17) is 14.2 Å². The molecule has 0 radical (unpaired) electrons. The molecule has 148 valence electrons. The number of imide groups is 1. The number of rotatable bonds is 7. The molecule has 0 bridgehead atoms. The first-order valence-corrected chi connectivity index (χ1v) is 8.94. The zero-order valence-electron chi connectivity index (χ0n) is 15.9. The number of nitrogens with one attached hydrogen (secondary N) is 2. The zero-order chi connectivity index (χ0) is 19.9. The minimum atomic E-state index is -0.599. The number of ether oxygens (including phenoxy) is 3. The largest absolute Gasteiger partial charge is 0.494 e. The van der Waals surface area contributed by atoms with Crippen molar-refractivity contribution < 1.29 is 23.8 Å². The van der Waals surface area contributed by atoms with Crippen molar-refractivity contribution in [3.63, 3.8) is 0 Å². The van der Waals surface area contributed by atoms with Crippen molar-refractivity contribution in [2.24, 2.45) is 0 Å². The Morgan fingerprint density at radius 1 is 1.11 bits per heavy atom. The van der Waals surface area contributed by atoms with Gasteiger partial charge < -0.3 is 19.5 Å². The predicted octanol–water partition coefficient (Wildman–Crippen LogP) is 2.59. The summed E-state index contributed by atoms with van der Waals surface area (Å²) in [7, 11) is 1.81. The van der Waals surface area contributed by atoms with Crippen molar-refractivity contribution in [1.82, 2.24) is 10.2 Å². The summed E-state index contributed by atoms with van der Waals surface area (Å²) in [5, 5.41) is 4.92. The second kappa shape index (κ2) is 9.09. The van der Waals surface area contributed by atoms with Crippen LogP contribution in [0.2, 0.25) is 0 Å². The van der Waals surface area contributed by atoms with Gasteiger partial charge in [0.1, 0.15) is 5.75 Å². The summed E-state index contributed by atoms with van der Waals surface area (Å²) >= 11 is 0. The molecule has 8 heteroatoms. The molecule has 0 aromatic heterocycles. The zero-order valence-corrected chi connectivity index (χ0v) is 15.9. The lowest BCUT2D eigenvalue weighted by molar-refractivity contribution is -0.120. The molecule has 1 aliphatic heterocycles. The van der Waals surface area contributed by atoms with Gasteiger partial charge in [0.05, 0.1) is 13.2 Å². The fourth-order valence-corrected chi connectivity index (χ4v) is 2.77. The Kier molecular flexibility index (Phi) is 6.33. The molecule has 0 atom stereocenters. The maximum absolute atomic E-state index is 12.1. The third kappa shape index (κ3) is 5.37. The fraction of sp³-hybridized carbons (Fsp3) is 0.300. The van der Waals surface area contributed by atoms with Crippen molar-refractivity contribution in [3.05, 3.63) is 48.0 Å². The van der Waals surface area contributed by atoms with Gasteiger partial charge in [0.2, 0.25) is 12.7 Å². The Hall–Kier alpha value is -3.26. The van der Waals surface area contributed by atoms with Gasteiger partial charge in [-0.2, -0.15) is 0 Å². The van der Waals surface area contributed by atoms with Crippen LogP contribution in [0.1, 0.15) is 12.5 Å². The summed E-state index contributed by atoms with van der Waals surface area (Å²) in [5.74, 6) is 1.59. The number of nitrogens with zero attached hydrogens (tertiary/aromatic N) is 1. The van der Waals surface area contributed by atoms with E-state index in [0.29, 0.717) is 30.3 Å². The van der Waals surface area contributed by atoms with Crippen LogP contribution in [-0.2, 0) is 11.3 Å². The third-order valence-corrected chi connectivity index (χ3v) is 3.98. The Labute approximate surface area is 163 Å². The summed E-state index contributed by atoms with van der Waals surface area (Å²) in [5.41, 5.74) is 1.56. The molecule has 3 rings (SSSR count). The van der Waals surface area contributed by atoms with E-state index in [9.17, 15) is 9.59 Å². The maximum atomic E-state index is 12.1. The van der Waals surface area contributed by atoms with E-state index < -0.39 is 11.9 Å². The van der Waals surface area contributed by atoms with Crippen LogP contribution in [0.4, 0.5) is 10.5 Å². The molecule has 1 heterocycles. The van der Waals surface area contributed by atoms with Gasteiger partial charge in [-0.15, -0.1) is 0 Å². The first-order chi connectivity index (χ1) is 13.5. The lowest BCUT2D eigenvalue weighted by Crippen LogP contribution is -2.40. The normalized spacial score (nSPS) is 12.0. The van der Waals surface area contributed by atoms with E-state index in [-0.39, 0.29) is 13.3 Å². The SMILES string of the molecule is CCOc1ccc(CN(C)CC(=O)NC(=O)Nc2ccc3c(c2)OCO3)cc1. The molecule has 0 spiro atoms. The molecule has 3 amide bonds. The second-order valence-corrected chi connectivity index (χ2v) is 6.32. The van der Waals surface area contributed by atoms with E-state index in [2.05, 4.69) is 10.6 Å². The standard InChI is InChI=1S/C20H23N3O5/c1-3-26-16-7-4-14(5-8-16)11-23(2)12-19(24)22-20(25)21-15-6-9-17-18(10-15)28-13-27-17/h4-10H,3,11-13H2,1-2H3,(H2,21,22,24,25). The van der Waals surface area contributed by atoms with Crippen LogP contribution in [0.25, 0.3) is 0 Å². The average Bonchev–Trinajstić information content (AvgIpc) is 3.11. The number of fused-ring (bicyclic) bond motifs is 1. The number of likely N-dealkylation sites (N-methyl/N-ethyl adjacent to an activating group) is 1. The molecule has 8 nitrogen and oxygen atoms in total. The molecule has 1 aliphatic rings. The molecular weight excluding hydrogens is 362 g/mol. The number of hydrogen-bond donors (Lipinski definition) is 2. The number of benzene rings is 2. The van der Waals surface area contributed by atoms with E-state index in [1.165, 1.54) is 0 Å². The minimum absolute atomic E-state index is 0.0851. The monoisotopic (exact) mass is 385 g/mol. The van der Waals surface area contributed by atoms with E-state index in [1.54, 1.807) is 18.2 Å². The molecule has 28 heavy (non-hydrogen) atoms. The second-order valence-electron chi connectivity index (χ2n) is 6.32. The molecule has 0 saturated heterocycles. The molecule has 0 unspecified atom stereocenters. The Balaban J connectivity index is 1.44. The van der Waals surface area contributed by atoms with Gasteiger partial charge in [0.15, 0.2) is 11.5 Å². The van der Waals surface area contributed by atoms with Gasteiger partial charge in [-0.05, 0) is 43.8 Å². The van der Waals surface area contributed by atoms with E-state index in [0.717, 1.165) is 11.3 Å². The van der Waals surface area contributed by atoms with Crippen LogP contribution in [0.3, 0.4) is 0 Å². The number of urea groups is 1. The van der Waals surface area contributed by atoms with Crippen LogP contribution in [0.15, 0.2) is 42.5 Å². The van der Waals surface area contributed by atoms with Crippen molar-refractivity contribution in [3.8, 4) is 17.2 Å². The molecule has 2 N–H and O–H groups in total. The van der Waals surface area contributed by atoms with Crippen LogP contribution in [-0.4, -0.2) is 43.8 Å². The van der Waals surface area contributed by atoms with Crippen LogP contribution >= 0.6 is 0 Å². The number of carbonyl (C=O) groups excluding carboxylic acids is 2. The Morgan fingerprint density at radius 3 is 2.61 bits per heavy atom. The highest BCUT2D eigenvalue weighted by Crippen LogP contribution is 2.34. The highest BCUT2D eigenvalue weighted by molar-refractivity contribution is 6.01. The lowest BCUT2D eigenvalue weighted by atomic mass is 10.2. The summed E-state index contributed by atoms with van der Waals surface area (Å²) < 4.78 is 15.9. The number of amides is 3. The predicted molar refractivity (Wildman–Crippen MR) is 104 cm³/mol. The fourth-order valence-electron chi connectivity index (χ4n) is 2.77. The molecular formula is C20H23N3O5. The topological polar surface area (TPSA) is 89.1 Å². The van der Waals surface area contributed by atoms with Gasteiger partial charge in [-0.3, -0.25) is 15.0 Å². The van der Waals surface area contributed by atoms with Crippen molar-refractivity contribution in [1.29, 1.82) is 0 Å². The van der Waals surface area contributed by atoms with Crippen molar-refractivity contribution in [2.75, 3.05) is 32.3 Å². The number of carbonyl (C=O) groups is 2. The molecule has 2 aromatic carbocycles. The third-order valence-electron chi connectivity index (χ3n) is 3.98. The highest BCUT2D eigenvalue weighted by atomic mass is 16.7. The summed E-state index contributed by atoms with van der Waals surface area (Å²) in [6, 6.07) is 12.1. The van der Waals surface area contributed by atoms with Gasteiger partial charge >= 0.3 is 6.03 Å². The molecule has 0 aliphatic carbocycles. The van der Waals surface area contributed by atoms with Gasteiger partial charge in [0.25, 0.3) is 0 Å². The summed E-state index contributed by atoms with van der Waals surface area (Å²) in [6.45, 7) is 3.37. The van der Waals surface area contributed by atoms with Crippen molar-refractivity contribution in [2.45, 2.75) is 13.5 Å². The van der Waals surface area contributed by atoms with Crippen LogP contribution < -0.4 is 24.8 Å². The lowest BCUT2D eigenvalue weighted by Gasteiger charge is -2.16. The highest BCUT2D eigenvalue weighted by Gasteiger charge is 2.15. The first kappa shape index (κ1) is 19.5. The first-order valence-electron chi connectivity index (χ1n) is 8.94. The summed E-state index contributed by atoms with van der Waals surface area (Å²) in [4.78, 5) is 25.9. The molecule has 2 aromatic rings. The summed E-state index contributed by atoms with van der Waals surface area (Å²) in [6.07, 6.45) is 0. The Morgan fingerprint density at radius 2 is 1.86 bits per heavy atom. The quantitative estimate of drug-likeness (QED) is 0.762. The average molecular weight is 385 g/mol. The van der Waals surface area contributed by atoms with E-state index in [1.807, 2.05) is 43.1 Å². The van der Waals surface area contributed by atoms with Crippen LogP contribution in [0, 0.1) is 0 Å². The van der Waals surface area contributed by atoms with Gasteiger partial charge in [0, 0.05) is 18.3 Å². The number of anilines is 1. The molecule has 0 saturated carbocycles. The van der Waals surface area contributed by atoms with Crippen molar-refractivity contribution >= 4 is 17.6 Å². The number of hydrogen-bond acceptors (Lipinski definition) is 6. The van der Waals surface area contributed by atoms with E-state index >= 15 is 0 Å². The molecule has 0 fully saturated rings. The Bertz CT molecular complexity index is 838. The van der Waals surface area contributed by atoms with Crippen LogP contribution in [0.5, 0.6) is 17.2 Å². The van der Waals surface area contributed by atoms with Gasteiger partial charge in [-0.1, -0.05) is 12.1 Å². The maximum Gasteiger partial charge on any atom is 0.325 e. The minimum Gasteiger partial charge on any atom is -0.494 e. The van der Waals surface area contributed by atoms with Gasteiger partial charge in [-0.25, -0.2) is 4.79 Å².